The molecule has 3 N–H and O–H groups in total. The van der Waals surface area contributed by atoms with Gasteiger partial charge in [0, 0.05) is 6.20 Å². The van der Waals surface area contributed by atoms with E-state index in [-0.39, 0.29) is 5.75 Å². The fraction of sp³-hybridized carbons (Fsp3) is 0.143. The number of carboxylic acids is 1. The number of pyridine rings is 1. The summed E-state index contributed by atoms with van der Waals surface area (Å²) in [5.74, 6) is -0.883. The highest BCUT2D eigenvalue weighted by Crippen LogP contribution is 2.20. The van der Waals surface area contributed by atoms with Crippen molar-refractivity contribution in [1.82, 2.24) is 4.98 Å². The standard InChI is InChI=1S/C7H8N2O2S/c8-5-2-1-3-9-7(5)12-4-6(10)11/h1-3H,4,8H2,(H,10,11). The Morgan fingerprint density at radius 2 is 2.50 bits per heavy atom. The molecule has 1 aromatic heterocycles. The highest BCUT2D eigenvalue weighted by molar-refractivity contribution is 8.00. The normalized spacial score (nSPS) is 9.67. The number of nitrogen functional groups attached to an aromatic ring is 1. The summed E-state index contributed by atoms with van der Waals surface area (Å²) in [5.41, 5.74) is 6.05. The zero-order chi connectivity index (χ0) is 8.97. The van der Waals surface area contributed by atoms with E-state index in [2.05, 4.69) is 4.98 Å². The topological polar surface area (TPSA) is 76.2 Å². The van der Waals surface area contributed by atoms with Crippen molar-refractivity contribution in [3.8, 4) is 0 Å². The van der Waals surface area contributed by atoms with E-state index < -0.39 is 5.97 Å². The second-order valence-corrected chi connectivity index (χ2v) is 3.04. The summed E-state index contributed by atoms with van der Waals surface area (Å²) in [7, 11) is 0. The average Bonchev–Trinajstić information content (AvgIpc) is 2.03. The van der Waals surface area contributed by atoms with Crippen LogP contribution >= 0.6 is 11.8 Å². The van der Waals surface area contributed by atoms with Gasteiger partial charge in [0.1, 0.15) is 5.03 Å². The molecule has 0 bridgehead atoms. The summed E-state index contributed by atoms with van der Waals surface area (Å²) < 4.78 is 0. The molecule has 0 amide bonds. The number of aliphatic carboxylic acids is 1. The van der Waals surface area contributed by atoms with Gasteiger partial charge < -0.3 is 10.8 Å². The first-order valence-electron chi connectivity index (χ1n) is 3.25. The molecular formula is C7H8N2O2S. The third-order valence-corrected chi connectivity index (χ3v) is 2.14. The lowest BCUT2D eigenvalue weighted by Gasteiger charge is -1.99. The van der Waals surface area contributed by atoms with Crippen molar-refractivity contribution < 1.29 is 9.90 Å². The zero-order valence-corrected chi connectivity index (χ0v) is 7.04. The number of aromatic nitrogens is 1. The third kappa shape index (κ3) is 2.43. The van der Waals surface area contributed by atoms with Gasteiger partial charge in [-0.15, -0.1) is 0 Å². The molecule has 0 atom stereocenters. The van der Waals surface area contributed by atoms with Gasteiger partial charge in [0.2, 0.25) is 0 Å². The second-order valence-electron chi connectivity index (χ2n) is 2.08. The minimum absolute atomic E-state index is 0.0127. The van der Waals surface area contributed by atoms with Crippen LogP contribution in [0.1, 0.15) is 0 Å². The van der Waals surface area contributed by atoms with Crippen LogP contribution in [0.15, 0.2) is 23.4 Å². The zero-order valence-electron chi connectivity index (χ0n) is 6.23. The molecule has 0 radical (unpaired) electrons. The van der Waals surface area contributed by atoms with Crippen LogP contribution in [0, 0.1) is 0 Å². The van der Waals surface area contributed by atoms with Gasteiger partial charge in [0.15, 0.2) is 0 Å². The first-order valence-corrected chi connectivity index (χ1v) is 4.24. The Labute approximate surface area is 73.8 Å². The molecule has 12 heavy (non-hydrogen) atoms. The van der Waals surface area contributed by atoms with Crippen LogP contribution in [0.5, 0.6) is 0 Å². The molecule has 0 aliphatic rings. The molecule has 4 nitrogen and oxygen atoms in total. The molecule has 0 aromatic carbocycles. The third-order valence-electron chi connectivity index (χ3n) is 1.13. The van der Waals surface area contributed by atoms with E-state index in [1.807, 2.05) is 0 Å². The molecular weight excluding hydrogens is 176 g/mol. The predicted octanol–water partition coefficient (Wildman–Crippen LogP) is 0.841. The Bertz CT molecular complexity index is 290. The van der Waals surface area contributed by atoms with Crippen LogP contribution < -0.4 is 5.73 Å². The van der Waals surface area contributed by atoms with Crippen molar-refractivity contribution in [2.75, 3.05) is 11.5 Å². The van der Waals surface area contributed by atoms with Crippen LogP contribution in [0.3, 0.4) is 0 Å². The minimum Gasteiger partial charge on any atom is -0.481 e. The minimum atomic E-state index is -0.870. The van der Waals surface area contributed by atoms with Crippen LogP contribution in [-0.4, -0.2) is 21.8 Å². The lowest BCUT2D eigenvalue weighted by Crippen LogP contribution is -1.99. The molecule has 0 fully saturated rings. The molecule has 0 spiro atoms. The maximum absolute atomic E-state index is 10.2. The summed E-state index contributed by atoms with van der Waals surface area (Å²) in [6.07, 6.45) is 1.58. The Morgan fingerprint density at radius 1 is 1.75 bits per heavy atom. The molecule has 5 heteroatoms. The fourth-order valence-corrected chi connectivity index (χ4v) is 1.28. The van der Waals surface area contributed by atoms with Gasteiger partial charge in [0.25, 0.3) is 0 Å². The van der Waals surface area contributed by atoms with E-state index in [0.29, 0.717) is 10.7 Å². The van der Waals surface area contributed by atoms with Crippen molar-refractivity contribution in [1.29, 1.82) is 0 Å². The van der Waals surface area contributed by atoms with Gasteiger partial charge in [-0.05, 0) is 12.1 Å². The molecule has 0 unspecified atom stereocenters. The van der Waals surface area contributed by atoms with E-state index >= 15 is 0 Å². The highest BCUT2D eigenvalue weighted by Gasteiger charge is 2.02. The van der Waals surface area contributed by atoms with Crippen LogP contribution in [-0.2, 0) is 4.79 Å². The first kappa shape index (κ1) is 8.86. The summed E-state index contributed by atoms with van der Waals surface area (Å²) in [5, 5.41) is 8.95. The number of rotatable bonds is 3. The van der Waals surface area contributed by atoms with Gasteiger partial charge in [-0.25, -0.2) is 4.98 Å². The van der Waals surface area contributed by atoms with Crippen molar-refractivity contribution in [2.45, 2.75) is 5.03 Å². The Morgan fingerprint density at radius 3 is 3.08 bits per heavy atom. The van der Waals surface area contributed by atoms with Crippen molar-refractivity contribution in [3.63, 3.8) is 0 Å². The monoisotopic (exact) mass is 184 g/mol. The Balaban J connectivity index is 2.63. The van der Waals surface area contributed by atoms with Crippen LogP contribution in [0.4, 0.5) is 5.69 Å². The molecule has 1 rings (SSSR count). The van der Waals surface area contributed by atoms with E-state index in [9.17, 15) is 4.79 Å². The Hall–Kier alpha value is -1.23. The molecule has 0 saturated carbocycles. The molecule has 0 saturated heterocycles. The van der Waals surface area contributed by atoms with Crippen molar-refractivity contribution in [2.24, 2.45) is 0 Å². The number of anilines is 1. The van der Waals surface area contributed by atoms with E-state index in [0.717, 1.165) is 11.8 Å². The van der Waals surface area contributed by atoms with Gasteiger partial charge in [-0.2, -0.15) is 0 Å². The van der Waals surface area contributed by atoms with Gasteiger partial charge in [0.05, 0.1) is 11.4 Å². The number of carbonyl (C=O) groups is 1. The van der Waals surface area contributed by atoms with E-state index in [1.165, 1.54) is 0 Å². The largest absolute Gasteiger partial charge is 0.481 e. The summed E-state index contributed by atoms with van der Waals surface area (Å²) in [6.45, 7) is 0. The van der Waals surface area contributed by atoms with Crippen molar-refractivity contribution >= 4 is 23.4 Å². The Kier molecular flexibility index (Phi) is 2.93. The van der Waals surface area contributed by atoms with E-state index in [4.69, 9.17) is 10.8 Å². The van der Waals surface area contributed by atoms with Crippen LogP contribution in [0.25, 0.3) is 0 Å². The lowest BCUT2D eigenvalue weighted by atomic mass is 10.4. The highest BCUT2D eigenvalue weighted by atomic mass is 32.2. The molecule has 1 heterocycles. The van der Waals surface area contributed by atoms with E-state index in [1.54, 1.807) is 18.3 Å². The van der Waals surface area contributed by atoms with Crippen LogP contribution in [0.2, 0.25) is 0 Å². The summed E-state index contributed by atoms with van der Waals surface area (Å²) >= 11 is 1.12. The first-order chi connectivity index (χ1) is 5.70. The SMILES string of the molecule is Nc1cccnc1SCC(=O)O. The number of thioether (sulfide) groups is 1. The molecule has 64 valence electrons. The lowest BCUT2D eigenvalue weighted by molar-refractivity contribution is -0.133. The number of hydrogen-bond donors (Lipinski definition) is 2. The van der Waals surface area contributed by atoms with Gasteiger partial charge in [-0.1, -0.05) is 11.8 Å². The quantitative estimate of drug-likeness (QED) is 0.681. The number of nitrogens with two attached hydrogens (primary N) is 1. The smallest absolute Gasteiger partial charge is 0.313 e. The maximum Gasteiger partial charge on any atom is 0.313 e. The molecule has 0 aliphatic carbocycles. The maximum atomic E-state index is 10.2. The fourth-order valence-electron chi connectivity index (χ4n) is 0.654. The average molecular weight is 184 g/mol. The second kappa shape index (κ2) is 3.96. The summed E-state index contributed by atoms with van der Waals surface area (Å²) in [4.78, 5) is 14.1. The number of hydrogen-bond acceptors (Lipinski definition) is 4. The summed E-state index contributed by atoms with van der Waals surface area (Å²) in [6, 6.07) is 3.40. The van der Waals surface area contributed by atoms with Gasteiger partial charge in [-0.3, -0.25) is 4.79 Å². The number of nitrogens with zero attached hydrogens (tertiary/aromatic N) is 1. The van der Waals surface area contributed by atoms with Gasteiger partial charge >= 0.3 is 5.97 Å². The molecule has 0 aliphatic heterocycles. The number of carboxylic acid groups (broad SMARTS) is 1. The van der Waals surface area contributed by atoms with Crippen molar-refractivity contribution in [3.05, 3.63) is 18.3 Å². The molecule has 1 aromatic rings. The predicted molar refractivity (Wildman–Crippen MR) is 47.0 cm³/mol.